The molecular formula is C11H9NO2S. The highest BCUT2D eigenvalue weighted by Crippen LogP contribution is 2.13. The van der Waals surface area contributed by atoms with Crippen molar-refractivity contribution in [2.24, 2.45) is 0 Å². The van der Waals surface area contributed by atoms with Gasteiger partial charge in [-0.05, 0) is 5.56 Å². The van der Waals surface area contributed by atoms with E-state index in [1.165, 1.54) is 11.3 Å². The Labute approximate surface area is 91.0 Å². The molecule has 2 rings (SSSR count). The molecule has 0 radical (unpaired) electrons. The van der Waals surface area contributed by atoms with Gasteiger partial charge < -0.3 is 5.11 Å². The van der Waals surface area contributed by atoms with Crippen molar-refractivity contribution < 1.29 is 9.90 Å². The Morgan fingerprint density at radius 2 is 2.07 bits per heavy atom. The maximum atomic E-state index is 10.6. The molecule has 0 aliphatic heterocycles. The predicted octanol–water partition coefficient (Wildman–Crippen LogP) is 2.43. The maximum absolute atomic E-state index is 10.6. The molecule has 0 saturated heterocycles. The molecule has 0 unspecified atom stereocenters. The quantitative estimate of drug-likeness (QED) is 0.862. The second-order valence-electron chi connectivity index (χ2n) is 3.11. The first-order chi connectivity index (χ1) is 7.25. The Bertz CT molecular complexity index is 464. The zero-order chi connectivity index (χ0) is 10.7. The lowest BCUT2D eigenvalue weighted by molar-refractivity contribution is 0.0696. The Morgan fingerprint density at radius 1 is 1.33 bits per heavy atom. The van der Waals surface area contributed by atoms with Crippen LogP contribution in [0, 0.1) is 0 Å². The van der Waals surface area contributed by atoms with Crippen LogP contribution in [0.2, 0.25) is 0 Å². The molecule has 3 nitrogen and oxygen atoms in total. The summed E-state index contributed by atoms with van der Waals surface area (Å²) in [5.41, 5.74) is 1.95. The van der Waals surface area contributed by atoms with E-state index in [2.05, 4.69) is 4.98 Å². The van der Waals surface area contributed by atoms with Gasteiger partial charge in [0.15, 0.2) is 0 Å². The van der Waals surface area contributed by atoms with E-state index in [0.717, 1.165) is 11.3 Å². The highest BCUT2D eigenvalue weighted by molar-refractivity contribution is 7.11. The van der Waals surface area contributed by atoms with Gasteiger partial charge in [0.2, 0.25) is 5.01 Å². The molecule has 76 valence electrons. The highest BCUT2D eigenvalue weighted by Gasteiger charge is 2.08. The van der Waals surface area contributed by atoms with Crippen LogP contribution in [0.25, 0.3) is 0 Å². The number of thiazole rings is 1. The number of rotatable bonds is 3. The summed E-state index contributed by atoms with van der Waals surface area (Å²) in [6, 6.07) is 9.87. The third-order valence-corrected chi connectivity index (χ3v) is 2.84. The average molecular weight is 219 g/mol. The van der Waals surface area contributed by atoms with Gasteiger partial charge in [-0.15, -0.1) is 11.3 Å². The number of carboxylic acids is 1. The van der Waals surface area contributed by atoms with Gasteiger partial charge >= 0.3 is 5.97 Å². The summed E-state index contributed by atoms with van der Waals surface area (Å²) >= 11 is 1.17. The predicted molar refractivity (Wildman–Crippen MR) is 58.3 cm³/mol. The molecule has 0 atom stereocenters. The molecule has 0 bridgehead atoms. The van der Waals surface area contributed by atoms with Crippen LogP contribution >= 0.6 is 11.3 Å². The third-order valence-electron chi connectivity index (χ3n) is 1.96. The number of nitrogens with zero attached hydrogens (tertiary/aromatic N) is 1. The Balaban J connectivity index is 2.15. The minimum atomic E-state index is -0.959. The lowest BCUT2D eigenvalue weighted by Crippen LogP contribution is -1.96. The van der Waals surface area contributed by atoms with Gasteiger partial charge in [0.1, 0.15) is 0 Å². The first-order valence-electron chi connectivity index (χ1n) is 4.47. The molecule has 4 heteroatoms. The van der Waals surface area contributed by atoms with E-state index in [-0.39, 0.29) is 5.01 Å². The maximum Gasteiger partial charge on any atom is 0.365 e. The van der Waals surface area contributed by atoms with Crippen molar-refractivity contribution in [2.45, 2.75) is 6.42 Å². The molecule has 0 amide bonds. The summed E-state index contributed by atoms with van der Waals surface area (Å²) in [5, 5.41) is 10.7. The van der Waals surface area contributed by atoms with Crippen molar-refractivity contribution in [3.8, 4) is 0 Å². The van der Waals surface area contributed by atoms with Crippen LogP contribution in [-0.2, 0) is 6.42 Å². The molecule has 1 aromatic carbocycles. The molecule has 0 spiro atoms. The summed E-state index contributed by atoms with van der Waals surface area (Å²) in [5.74, 6) is -0.959. The van der Waals surface area contributed by atoms with Crippen molar-refractivity contribution in [1.82, 2.24) is 4.98 Å². The second kappa shape index (κ2) is 4.23. The molecule has 15 heavy (non-hydrogen) atoms. The van der Waals surface area contributed by atoms with Crippen LogP contribution in [0.15, 0.2) is 35.7 Å². The fourth-order valence-electron chi connectivity index (χ4n) is 1.29. The molecule has 0 aliphatic rings. The van der Waals surface area contributed by atoms with E-state index in [0.29, 0.717) is 6.42 Å². The van der Waals surface area contributed by atoms with Crippen molar-refractivity contribution in [3.05, 3.63) is 52.0 Å². The molecular weight excluding hydrogens is 210 g/mol. The number of aromatic nitrogens is 1. The summed E-state index contributed by atoms with van der Waals surface area (Å²) < 4.78 is 0. The second-order valence-corrected chi connectivity index (χ2v) is 3.97. The van der Waals surface area contributed by atoms with Crippen LogP contribution in [0.1, 0.15) is 21.1 Å². The van der Waals surface area contributed by atoms with Crippen molar-refractivity contribution in [3.63, 3.8) is 0 Å². The van der Waals surface area contributed by atoms with Crippen LogP contribution in [0.4, 0.5) is 0 Å². The van der Waals surface area contributed by atoms with Crippen molar-refractivity contribution >= 4 is 17.3 Å². The summed E-state index contributed by atoms with van der Waals surface area (Å²) in [6.45, 7) is 0. The SMILES string of the molecule is O=C(O)c1nc(Cc2ccccc2)cs1. The van der Waals surface area contributed by atoms with E-state index in [1.54, 1.807) is 5.38 Å². The van der Waals surface area contributed by atoms with Gasteiger partial charge in [-0.1, -0.05) is 30.3 Å². The number of carboxylic acid groups (broad SMARTS) is 1. The van der Waals surface area contributed by atoms with Gasteiger partial charge in [-0.2, -0.15) is 0 Å². The molecule has 1 aromatic heterocycles. The highest BCUT2D eigenvalue weighted by atomic mass is 32.1. The zero-order valence-electron chi connectivity index (χ0n) is 7.88. The minimum Gasteiger partial charge on any atom is -0.476 e. The van der Waals surface area contributed by atoms with Gasteiger partial charge in [0.25, 0.3) is 0 Å². The normalized spacial score (nSPS) is 10.1. The first kappa shape index (κ1) is 9.86. The summed E-state index contributed by atoms with van der Waals surface area (Å²) in [6.07, 6.45) is 0.685. The molecule has 2 aromatic rings. The topological polar surface area (TPSA) is 50.2 Å². The van der Waals surface area contributed by atoms with E-state index >= 15 is 0 Å². The lowest BCUT2D eigenvalue weighted by Gasteiger charge is -1.95. The number of hydrogen-bond acceptors (Lipinski definition) is 3. The Kier molecular flexibility index (Phi) is 2.78. The van der Waals surface area contributed by atoms with Crippen LogP contribution in [-0.4, -0.2) is 16.1 Å². The van der Waals surface area contributed by atoms with Crippen LogP contribution in [0.3, 0.4) is 0 Å². The fraction of sp³-hybridized carbons (Fsp3) is 0.0909. The van der Waals surface area contributed by atoms with Gasteiger partial charge in [-0.25, -0.2) is 9.78 Å². The first-order valence-corrected chi connectivity index (χ1v) is 5.35. The van der Waals surface area contributed by atoms with Gasteiger partial charge in [0.05, 0.1) is 5.69 Å². The van der Waals surface area contributed by atoms with Gasteiger partial charge in [0, 0.05) is 11.8 Å². The molecule has 1 heterocycles. The van der Waals surface area contributed by atoms with Gasteiger partial charge in [-0.3, -0.25) is 0 Å². The monoisotopic (exact) mass is 219 g/mol. The number of carbonyl (C=O) groups is 1. The Hall–Kier alpha value is -1.68. The number of aromatic carboxylic acids is 1. The summed E-state index contributed by atoms with van der Waals surface area (Å²) in [7, 11) is 0. The largest absolute Gasteiger partial charge is 0.476 e. The zero-order valence-corrected chi connectivity index (χ0v) is 8.70. The lowest BCUT2D eigenvalue weighted by atomic mass is 10.1. The van der Waals surface area contributed by atoms with E-state index in [1.807, 2.05) is 30.3 Å². The summed E-state index contributed by atoms with van der Waals surface area (Å²) in [4.78, 5) is 14.6. The van der Waals surface area contributed by atoms with Crippen LogP contribution in [0.5, 0.6) is 0 Å². The minimum absolute atomic E-state index is 0.154. The molecule has 0 aliphatic carbocycles. The van der Waals surface area contributed by atoms with Crippen LogP contribution < -0.4 is 0 Å². The standard InChI is InChI=1S/C11H9NO2S/c13-11(14)10-12-9(7-15-10)6-8-4-2-1-3-5-8/h1-5,7H,6H2,(H,13,14). The smallest absolute Gasteiger partial charge is 0.365 e. The van der Waals surface area contributed by atoms with E-state index in [4.69, 9.17) is 5.11 Å². The average Bonchev–Trinajstić information content (AvgIpc) is 2.68. The molecule has 1 N–H and O–H groups in total. The molecule has 0 fully saturated rings. The third kappa shape index (κ3) is 2.41. The number of benzene rings is 1. The fourth-order valence-corrected chi connectivity index (χ4v) is 1.95. The number of hydrogen-bond donors (Lipinski definition) is 1. The molecule has 0 saturated carbocycles. The van der Waals surface area contributed by atoms with E-state index < -0.39 is 5.97 Å². The Morgan fingerprint density at radius 3 is 2.67 bits per heavy atom. The van der Waals surface area contributed by atoms with E-state index in [9.17, 15) is 4.79 Å². The van der Waals surface area contributed by atoms with Crippen molar-refractivity contribution in [1.29, 1.82) is 0 Å². The van der Waals surface area contributed by atoms with Crippen molar-refractivity contribution in [2.75, 3.05) is 0 Å².